The summed E-state index contributed by atoms with van der Waals surface area (Å²) in [5.41, 5.74) is -0.128. The molecule has 0 atom stereocenters. The maximum absolute atomic E-state index is 6.19. The van der Waals surface area contributed by atoms with Gasteiger partial charge in [-0.25, -0.2) is 0 Å². The van der Waals surface area contributed by atoms with Crippen LogP contribution in [0, 0.1) is 0 Å². The molecule has 26 heavy (non-hydrogen) atoms. The third kappa shape index (κ3) is 4.70. The molecular formula is C24H27OS+. The minimum absolute atomic E-state index is 0.105. The third-order valence-corrected chi connectivity index (χ3v) is 6.49. The standard InChI is InChI=1S/C24H27OS/c1-4-19-24(2,3)25-20-15-17-23(18-16-20)26(21-11-7-5-8-12-21)22-13-9-6-10-14-22/h5-18H,4,19H2,1-3H3/q+1. The first-order valence-electron chi connectivity index (χ1n) is 9.22. The van der Waals surface area contributed by atoms with Gasteiger partial charge in [-0.1, -0.05) is 49.7 Å². The molecular weight excluding hydrogens is 336 g/mol. The lowest BCUT2D eigenvalue weighted by Gasteiger charge is -2.26. The summed E-state index contributed by atoms with van der Waals surface area (Å²) in [7, 11) is -0.105. The summed E-state index contributed by atoms with van der Waals surface area (Å²) in [6.07, 6.45) is 2.17. The van der Waals surface area contributed by atoms with E-state index in [9.17, 15) is 0 Å². The quantitative estimate of drug-likeness (QED) is 0.422. The Kier molecular flexibility index (Phi) is 6.05. The van der Waals surface area contributed by atoms with E-state index in [0.29, 0.717) is 0 Å². The second-order valence-corrected chi connectivity index (χ2v) is 9.04. The predicted octanol–water partition coefficient (Wildman–Crippen LogP) is 6.74. The van der Waals surface area contributed by atoms with Crippen LogP contribution in [-0.2, 0) is 10.9 Å². The molecule has 3 rings (SSSR count). The molecule has 0 saturated heterocycles. The molecule has 0 aliphatic carbocycles. The second kappa shape index (κ2) is 8.46. The van der Waals surface area contributed by atoms with Crippen LogP contribution in [0.2, 0.25) is 0 Å². The van der Waals surface area contributed by atoms with Crippen molar-refractivity contribution < 1.29 is 4.74 Å². The molecule has 134 valence electrons. The lowest BCUT2D eigenvalue weighted by atomic mass is 10.0. The van der Waals surface area contributed by atoms with Crippen molar-refractivity contribution in [2.45, 2.75) is 53.9 Å². The Morgan fingerprint density at radius 1 is 0.692 bits per heavy atom. The molecule has 0 heterocycles. The van der Waals surface area contributed by atoms with Gasteiger partial charge >= 0.3 is 0 Å². The lowest BCUT2D eigenvalue weighted by molar-refractivity contribution is 0.0985. The monoisotopic (exact) mass is 363 g/mol. The summed E-state index contributed by atoms with van der Waals surface area (Å²) in [6, 6.07) is 30.1. The smallest absolute Gasteiger partial charge is 0.166 e. The molecule has 0 radical (unpaired) electrons. The van der Waals surface area contributed by atoms with E-state index >= 15 is 0 Å². The van der Waals surface area contributed by atoms with E-state index in [1.54, 1.807) is 0 Å². The maximum atomic E-state index is 6.19. The SMILES string of the molecule is CCCC(C)(C)Oc1ccc([S+](c2ccccc2)c2ccccc2)cc1. The van der Waals surface area contributed by atoms with Crippen molar-refractivity contribution in [2.75, 3.05) is 0 Å². The number of ether oxygens (including phenoxy) is 1. The van der Waals surface area contributed by atoms with Crippen molar-refractivity contribution in [2.24, 2.45) is 0 Å². The zero-order valence-corrected chi connectivity index (χ0v) is 16.6. The highest BCUT2D eigenvalue weighted by atomic mass is 32.2. The van der Waals surface area contributed by atoms with Gasteiger partial charge in [0, 0.05) is 0 Å². The van der Waals surface area contributed by atoms with Crippen molar-refractivity contribution in [3.8, 4) is 5.75 Å². The fourth-order valence-corrected chi connectivity index (χ4v) is 5.22. The Labute approximate surface area is 160 Å². The highest BCUT2D eigenvalue weighted by molar-refractivity contribution is 7.97. The molecule has 3 aromatic carbocycles. The molecule has 0 saturated carbocycles. The summed E-state index contributed by atoms with van der Waals surface area (Å²) in [5.74, 6) is 0.942. The zero-order chi connectivity index (χ0) is 18.4. The van der Waals surface area contributed by atoms with Crippen molar-refractivity contribution >= 4 is 10.9 Å². The van der Waals surface area contributed by atoms with E-state index in [4.69, 9.17) is 4.74 Å². The van der Waals surface area contributed by atoms with Crippen LogP contribution in [0.15, 0.2) is 99.6 Å². The van der Waals surface area contributed by atoms with Gasteiger partial charge in [-0.2, -0.15) is 0 Å². The summed E-state index contributed by atoms with van der Waals surface area (Å²) in [4.78, 5) is 3.97. The Morgan fingerprint density at radius 3 is 1.62 bits per heavy atom. The van der Waals surface area contributed by atoms with Crippen LogP contribution in [0.4, 0.5) is 0 Å². The van der Waals surface area contributed by atoms with Gasteiger partial charge in [0.25, 0.3) is 0 Å². The van der Waals surface area contributed by atoms with Crippen molar-refractivity contribution in [3.05, 3.63) is 84.9 Å². The molecule has 0 aliphatic rings. The van der Waals surface area contributed by atoms with Crippen LogP contribution in [0.3, 0.4) is 0 Å². The largest absolute Gasteiger partial charge is 0.488 e. The summed E-state index contributed by atoms with van der Waals surface area (Å²) >= 11 is 0. The molecule has 1 nitrogen and oxygen atoms in total. The second-order valence-electron chi connectivity index (χ2n) is 7.02. The van der Waals surface area contributed by atoms with Crippen LogP contribution >= 0.6 is 0 Å². The first kappa shape index (κ1) is 18.6. The molecule has 0 bridgehead atoms. The number of hydrogen-bond donors (Lipinski definition) is 0. The fourth-order valence-electron chi connectivity index (χ4n) is 3.14. The van der Waals surface area contributed by atoms with Gasteiger partial charge in [-0.05, 0) is 68.8 Å². The predicted molar refractivity (Wildman–Crippen MR) is 111 cm³/mol. The normalized spacial score (nSPS) is 11.5. The molecule has 0 aliphatic heterocycles. The van der Waals surface area contributed by atoms with E-state index in [1.165, 1.54) is 14.7 Å². The van der Waals surface area contributed by atoms with Gasteiger partial charge in [-0.3, -0.25) is 0 Å². The molecule has 0 N–H and O–H groups in total. The van der Waals surface area contributed by atoms with Crippen molar-refractivity contribution in [1.82, 2.24) is 0 Å². The lowest BCUT2D eigenvalue weighted by Crippen LogP contribution is -2.27. The zero-order valence-electron chi connectivity index (χ0n) is 15.8. The average molecular weight is 364 g/mol. The van der Waals surface area contributed by atoms with Crippen molar-refractivity contribution in [1.29, 1.82) is 0 Å². The maximum Gasteiger partial charge on any atom is 0.166 e. The van der Waals surface area contributed by atoms with E-state index in [-0.39, 0.29) is 16.5 Å². The van der Waals surface area contributed by atoms with Crippen LogP contribution in [0.1, 0.15) is 33.6 Å². The first-order valence-corrected chi connectivity index (χ1v) is 10.4. The minimum atomic E-state index is -0.128. The fraction of sp³-hybridized carbons (Fsp3) is 0.250. The Bertz CT molecular complexity index is 755. The summed E-state index contributed by atoms with van der Waals surface area (Å²) in [6.45, 7) is 6.51. The highest BCUT2D eigenvalue weighted by Crippen LogP contribution is 2.32. The van der Waals surface area contributed by atoms with Gasteiger partial charge in [0.05, 0.1) is 10.9 Å². The molecule has 3 aromatic rings. The van der Waals surface area contributed by atoms with Gasteiger partial charge in [-0.15, -0.1) is 0 Å². The van der Waals surface area contributed by atoms with Crippen molar-refractivity contribution in [3.63, 3.8) is 0 Å². The van der Waals surface area contributed by atoms with Gasteiger partial charge in [0.15, 0.2) is 14.7 Å². The number of rotatable bonds is 7. The molecule has 0 aromatic heterocycles. The van der Waals surface area contributed by atoms with Crippen LogP contribution in [-0.4, -0.2) is 5.60 Å². The van der Waals surface area contributed by atoms with Crippen LogP contribution < -0.4 is 4.74 Å². The van der Waals surface area contributed by atoms with Crippen LogP contribution in [0.5, 0.6) is 5.75 Å². The Balaban J connectivity index is 1.91. The number of hydrogen-bond acceptors (Lipinski definition) is 1. The Hall–Kier alpha value is -2.19. The Morgan fingerprint density at radius 2 is 1.15 bits per heavy atom. The average Bonchev–Trinajstić information content (AvgIpc) is 2.65. The van der Waals surface area contributed by atoms with E-state index in [1.807, 2.05) is 0 Å². The van der Waals surface area contributed by atoms with Gasteiger partial charge in [0.1, 0.15) is 11.4 Å². The van der Waals surface area contributed by atoms with E-state index in [2.05, 4.69) is 106 Å². The van der Waals surface area contributed by atoms with E-state index in [0.717, 1.165) is 18.6 Å². The highest BCUT2D eigenvalue weighted by Gasteiger charge is 2.28. The van der Waals surface area contributed by atoms with Crippen LogP contribution in [0.25, 0.3) is 0 Å². The van der Waals surface area contributed by atoms with Gasteiger partial charge in [0.2, 0.25) is 0 Å². The summed E-state index contributed by atoms with van der Waals surface area (Å²) in [5, 5.41) is 0. The van der Waals surface area contributed by atoms with Gasteiger partial charge < -0.3 is 4.74 Å². The topological polar surface area (TPSA) is 9.23 Å². The molecule has 0 unspecified atom stereocenters. The third-order valence-electron chi connectivity index (χ3n) is 4.26. The molecule has 2 heteroatoms. The molecule has 0 spiro atoms. The molecule has 0 fully saturated rings. The first-order chi connectivity index (χ1) is 12.6. The minimum Gasteiger partial charge on any atom is -0.488 e. The summed E-state index contributed by atoms with van der Waals surface area (Å²) < 4.78 is 6.19. The molecule has 0 amide bonds. The van der Waals surface area contributed by atoms with E-state index < -0.39 is 0 Å². The number of benzene rings is 3.